The van der Waals surface area contributed by atoms with Crippen LogP contribution in [0.2, 0.25) is 0 Å². The molecular weight excluding hydrogens is 271 g/mol. The lowest BCUT2D eigenvalue weighted by Crippen LogP contribution is -1.85. The Morgan fingerprint density at radius 3 is 2.71 bits per heavy atom. The SMILES string of the molecule is Fc1cc(CN=Nc2ccc(-c3cnco3)cc2)ccn1. The van der Waals surface area contributed by atoms with Crippen LogP contribution in [0, 0.1) is 5.95 Å². The molecule has 0 atom stereocenters. The number of pyridine rings is 1. The number of hydrogen-bond acceptors (Lipinski definition) is 5. The highest BCUT2D eigenvalue weighted by molar-refractivity contribution is 5.59. The van der Waals surface area contributed by atoms with Crippen molar-refractivity contribution >= 4 is 5.69 Å². The lowest BCUT2D eigenvalue weighted by atomic mass is 10.2. The molecule has 0 N–H and O–H groups in total. The number of azo groups is 1. The van der Waals surface area contributed by atoms with Gasteiger partial charge in [-0.3, -0.25) is 0 Å². The summed E-state index contributed by atoms with van der Waals surface area (Å²) in [5.41, 5.74) is 2.36. The predicted molar refractivity (Wildman–Crippen MR) is 74.4 cm³/mol. The largest absolute Gasteiger partial charge is 0.444 e. The van der Waals surface area contributed by atoms with E-state index < -0.39 is 5.95 Å². The van der Waals surface area contributed by atoms with Gasteiger partial charge in [-0.15, -0.1) is 0 Å². The molecule has 0 saturated carbocycles. The molecule has 2 aromatic heterocycles. The van der Waals surface area contributed by atoms with Crippen LogP contribution in [0.15, 0.2) is 69.8 Å². The number of rotatable bonds is 4. The van der Waals surface area contributed by atoms with E-state index in [1.165, 1.54) is 18.7 Å². The average Bonchev–Trinajstić information content (AvgIpc) is 3.02. The van der Waals surface area contributed by atoms with Gasteiger partial charge in [0.05, 0.1) is 18.4 Å². The van der Waals surface area contributed by atoms with E-state index >= 15 is 0 Å². The van der Waals surface area contributed by atoms with Crippen molar-refractivity contribution in [2.24, 2.45) is 10.2 Å². The molecule has 21 heavy (non-hydrogen) atoms. The first-order valence-corrected chi connectivity index (χ1v) is 6.28. The Kier molecular flexibility index (Phi) is 3.77. The molecule has 0 aliphatic rings. The normalized spacial score (nSPS) is 11.1. The Morgan fingerprint density at radius 1 is 1.14 bits per heavy atom. The third-order valence-corrected chi connectivity index (χ3v) is 2.81. The molecule has 0 aliphatic heterocycles. The van der Waals surface area contributed by atoms with E-state index in [9.17, 15) is 4.39 Å². The minimum Gasteiger partial charge on any atom is -0.444 e. The second kappa shape index (κ2) is 6.04. The van der Waals surface area contributed by atoms with Crippen molar-refractivity contribution in [2.45, 2.75) is 6.54 Å². The zero-order chi connectivity index (χ0) is 14.5. The van der Waals surface area contributed by atoms with Gasteiger partial charge >= 0.3 is 0 Å². The zero-order valence-electron chi connectivity index (χ0n) is 11.0. The Balaban J connectivity index is 1.66. The van der Waals surface area contributed by atoms with Crippen LogP contribution in [-0.4, -0.2) is 9.97 Å². The summed E-state index contributed by atoms with van der Waals surface area (Å²) in [5.74, 6) is 0.185. The van der Waals surface area contributed by atoms with Crippen LogP contribution in [0.5, 0.6) is 0 Å². The summed E-state index contributed by atoms with van der Waals surface area (Å²) in [6, 6.07) is 10.5. The maximum Gasteiger partial charge on any atom is 0.213 e. The summed E-state index contributed by atoms with van der Waals surface area (Å²) in [6.07, 6.45) is 4.44. The lowest BCUT2D eigenvalue weighted by molar-refractivity contribution is 0.572. The smallest absolute Gasteiger partial charge is 0.213 e. The van der Waals surface area contributed by atoms with Crippen molar-refractivity contribution in [3.05, 3.63) is 66.7 Å². The van der Waals surface area contributed by atoms with Crippen molar-refractivity contribution in [3.63, 3.8) is 0 Å². The number of halogens is 1. The van der Waals surface area contributed by atoms with Gasteiger partial charge < -0.3 is 4.42 Å². The van der Waals surface area contributed by atoms with Crippen molar-refractivity contribution in [1.82, 2.24) is 9.97 Å². The number of aromatic nitrogens is 2. The van der Waals surface area contributed by atoms with Crippen molar-refractivity contribution in [2.75, 3.05) is 0 Å². The highest BCUT2D eigenvalue weighted by atomic mass is 19.1. The maximum atomic E-state index is 12.9. The van der Waals surface area contributed by atoms with E-state index in [1.54, 1.807) is 12.3 Å². The van der Waals surface area contributed by atoms with Gasteiger partial charge in [-0.2, -0.15) is 14.6 Å². The van der Waals surface area contributed by atoms with Gasteiger partial charge in [-0.05, 0) is 42.0 Å². The lowest BCUT2D eigenvalue weighted by Gasteiger charge is -1.97. The first-order chi connectivity index (χ1) is 10.3. The van der Waals surface area contributed by atoms with E-state index in [1.807, 2.05) is 24.3 Å². The highest BCUT2D eigenvalue weighted by Gasteiger charge is 2.00. The molecule has 0 unspecified atom stereocenters. The van der Waals surface area contributed by atoms with Gasteiger partial charge in [0.2, 0.25) is 5.95 Å². The molecule has 0 aliphatic carbocycles. The third-order valence-electron chi connectivity index (χ3n) is 2.81. The molecule has 0 radical (unpaired) electrons. The molecule has 0 fully saturated rings. The van der Waals surface area contributed by atoms with E-state index in [2.05, 4.69) is 20.2 Å². The van der Waals surface area contributed by atoms with Crippen molar-refractivity contribution < 1.29 is 8.81 Å². The summed E-state index contributed by atoms with van der Waals surface area (Å²) >= 11 is 0. The van der Waals surface area contributed by atoms with Gasteiger partial charge in [0.1, 0.15) is 0 Å². The van der Waals surface area contributed by atoms with Crippen molar-refractivity contribution in [3.8, 4) is 11.3 Å². The van der Waals surface area contributed by atoms with Gasteiger partial charge in [0.15, 0.2) is 12.2 Å². The number of benzene rings is 1. The van der Waals surface area contributed by atoms with Crippen LogP contribution in [0.25, 0.3) is 11.3 Å². The first-order valence-electron chi connectivity index (χ1n) is 6.28. The molecule has 0 saturated heterocycles. The minimum absolute atomic E-state index is 0.309. The number of oxazole rings is 1. The van der Waals surface area contributed by atoms with Gasteiger partial charge in [0, 0.05) is 11.8 Å². The Bertz CT molecular complexity index is 739. The fourth-order valence-corrected chi connectivity index (χ4v) is 1.79. The highest BCUT2D eigenvalue weighted by Crippen LogP contribution is 2.22. The van der Waals surface area contributed by atoms with E-state index in [-0.39, 0.29) is 0 Å². The van der Waals surface area contributed by atoms with Crippen LogP contribution in [0.1, 0.15) is 5.56 Å². The zero-order valence-corrected chi connectivity index (χ0v) is 11.0. The minimum atomic E-state index is -0.515. The van der Waals surface area contributed by atoms with Crippen molar-refractivity contribution in [1.29, 1.82) is 0 Å². The van der Waals surface area contributed by atoms with E-state index in [0.717, 1.165) is 11.1 Å². The van der Waals surface area contributed by atoms with Gasteiger partial charge in [-0.25, -0.2) is 9.97 Å². The fraction of sp³-hybridized carbons (Fsp3) is 0.0667. The summed E-state index contributed by atoms with van der Waals surface area (Å²) in [7, 11) is 0. The molecule has 2 heterocycles. The van der Waals surface area contributed by atoms with Gasteiger partial charge in [0.25, 0.3) is 0 Å². The standard InChI is InChI=1S/C15H11FN4O/c16-15-7-11(5-6-18-15)8-19-20-13-3-1-12(2-4-13)14-9-17-10-21-14/h1-7,9-10H,8H2. The fourth-order valence-electron chi connectivity index (χ4n) is 1.79. The molecule has 5 nitrogen and oxygen atoms in total. The summed E-state index contributed by atoms with van der Waals surface area (Å²) in [4.78, 5) is 7.35. The molecule has 3 aromatic rings. The summed E-state index contributed by atoms with van der Waals surface area (Å²) in [6.45, 7) is 0.309. The Labute approximate surface area is 120 Å². The quantitative estimate of drug-likeness (QED) is 0.533. The molecule has 6 heteroatoms. The van der Waals surface area contributed by atoms with E-state index in [4.69, 9.17) is 4.42 Å². The molecule has 1 aromatic carbocycles. The monoisotopic (exact) mass is 282 g/mol. The molecule has 0 bridgehead atoms. The maximum absolute atomic E-state index is 12.9. The number of hydrogen-bond donors (Lipinski definition) is 0. The Hall–Kier alpha value is -2.89. The predicted octanol–water partition coefficient (Wildman–Crippen LogP) is 4.16. The Morgan fingerprint density at radius 2 is 2.00 bits per heavy atom. The third kappa shape index (κ3) is 3.36. The molecule has 0 spiro atoms. The topological polar surface area (TPSA) is 63.6 Å². The van der Waals surface area contributed by atoms with E-state index in [0.29, 0.717) is 18.0 Å². The van der Waals surface area contributed by atoms with Crippen LogP contribution < -0.4 is 0 Å². The van der Waals surface area contributed by atoms with Crippen LogP contribution in [-0.2, 0) is 6.54 Å². The second-order valence-electron chi connectivity index (χ2n) is 4.30. The van der Waals surface area contributed by atoms with Crippen LogP contribution in [0.4, 0.5) is 10.1 Å². The van der Waals surface area contributed by atoms with Crippen LogP contribution in [0.3, 0.4) is 0 Å². The number of nitrogens with zero attached hydrogens (tertiary/aromatic N) is 4. The first kappa shape index (κ1) is 13.1. The summed E-state index contributed by atoms with van der Waals surface area (Å²) < 4.78 is 18.1. The van der Waals surface area contributed by atoms with Crippen LogP contribution >= 0.6 is 0 Å². The summed E-state index contributed by atoms with van der Waals surface area (Å²) in [5, 5.41) is 8.13. The molecular formula is C15H11FN4O. The second-order valence-corrected chi connectivity index (χ2v) is 4.30. The molecule has 0 amide bonds. The van der Waals surface area contributed by atoms with Gasteiger partial charge in [-0.1, -0.05) is 0 Å². The average molecular weight is 282 g/mol. The molecule has 104 valence electrons. The molecule has 3 rings (SSSR count).